The van der Waals surface area contributed by atoms with Gasteiger partial charge in [-0.3, -0.25) is 4.79 Å². The minimum Gasteiger partial charge on any atom is -0.491 e. The number of aliphatic hydroxyl groups excluding tert-OH is 1. The molecule has 1 atom stereocenters. The van der Waals surface area contributed by atoms with Crippen LogP contribution in [0.1, 0.15) is 19.8 Å². The number of anilines is 1. The fourth-order valence-electron chi connectivity index (χ4n) is 1.45. The number of rotatable bonds is 5. The van der Waals surface area contributed by atoms with Crippen molar-refractivity contribution in [3.8, 4) is 5.75 Å². The predicted octanol–water partition coefficient (Wildman–Crippen LogP) is 1.93. The van der Waals surface area contributed by atoms with Crippen molar-refractivity contribution in [2.24, 2.45) is 5.92 Å². The minimum absolute atomic E-state index is 0.302. The lowest BCUT2D eigenvalue weighted by Gasteiger charge is -2.13. The average Bonchev–Trinajstić information content (AvgIpc) is 3.13. The van der Waals surface area contributed by atoms with Gasteiger partial charge in [-0.25, -0.2) is 4.39 Å². The van der Waals surface area contributed by atoms with Gasteiger partial charge in [0.1, 0.15) is 17.7 Å². The van der Waals surface area contributed by atoms with Crippen molar-refractivity contribution in [3.63, 3.8) is 0 Å². The first kappa shape index (κ1) is 12.8. The van der Waals surface area contributed by atoms with Crippen LogP contribution in [0.3, 0.4) is 0 Å². The van der Waals surface area contributed by atoms with Crippen molar-refractivity contribution in [1.29, 1.82) is 0 Å². The standard InChI is InChI=1S/C13H16FNO3/c1-8(16)13(17)15-11-5-4-10(14)6-12(11)18-7-9-2-3-9/h4-6,8-9,16H,2-3,7H2,1H3,(H,15,17). The number of hydrogen-bond acceptors (Lipinski definition) is 3. The van der Waals surface area contributed by atoms with E-state index < -0.39 is 17.8 Å². The number of carbonyl (C=O) groups is 1. The SMILES string of the molecule is CC(O)C(=O)Nc1ccc(F)cc1OCC1CC1. The summed E-state index contributed by atoms with van der Waals surface area (Å²) in [4.78, 5) is 11.4. The van der Waals surface area contributed by atoms with E-state index in [-0.39, 0.29) is 0 Å². The Balaban J connectivity index is 2.08. The molecule has 2 rings (SSSR count). The summed E-state index contributed by atoms with van der Waals surface area (Å²) in [7, 11) is 0. The number of nitrogens with one attached hydrogen (secondary N) is 1. The molecule has 5 heteroatoms. The topological polar surface area (TPSA) is 58.6 Å². The number of carbonyl (C=O) groups excluding carboxylic acids is 1. The highest BCUT2D eigenvalue weighted by Crippen LogP contribution is 2.32. The van der Waals surface area contributed by atoms with Crippen molar-refractivity contribution in [2.75, 3.05) is 11.9 Å². The molecule has 1 unspecified atom stereocenters. The summed E-state index contributed by atoms with van der Waals surface area (Å²) in [5.41, 5.74) is 0.378. The molecule has 1 aromatic rings. The lowest BCUT2D eigenvalue weighted by molar-refractivity contribution is -0.123. The van der Waals surface area contributed by atoms with Gasteiger partial charge in [-0.2, -0.15) is 0 Å². The van der Waals surface area contributed by atoms with Crippen LogP contribution in [0.4, 0.5) is 10.1 Å². The van der Waals surface area contributed by atoms with Gasteiger partial charge in [0.15, 0.2) is 0 Å². The highest BCUT2D eigenvalue weighted by atomic mass is 19.1. The summed E-state index contributed by atoms with van der Waals surface area (Å²) in [6.45, 7) is 1.89. The number of aliphatic hydroxyl groups is 1. The van der Waals surface area contributed by atoms with E-state index in [0.717, 1.165) is 12.8 Å². The first-order valence-electron chi connectivity index (χ1n) is 5.97. The monoisotopic (exact) mass is 253 g/mol. The Hall–Kier alpha value is -1.62. The van der Waals surface area contributed by atoms with Crippen LogP contribution in [0.5, 0.6) is 5.75 Å². The molecule has 18 heavy (non-hydrogen) atoms. The Morgan fingerprint density at radius 2 is 2.33 bits per heavy atom. The summed E-state index contributed by atoms with van der Waals surface area (Å²) >= 11 is 0. The van der Waals surface area contributed by atoms with Crippen molar-refractivity contribution >= 4 is 11.6 Å². The molecular formula is C13H16FNO3. The molecule has 0 aromatic heterocycles. The third-order valence-corrected chi connectivity index (χ3v) is 2.75. The lowest BCUT2D eigenvalue weighted by Crippen LogP contribution is -2.24. The van der Waals surface area contributed by atoms with E-state index in [4.69, 9.17) is 9.84 Å². The Morgan fingerprint density at radius 3 is 2.94 bits per heavy atom. The zero-order chi connectivity index (χ0) is 13.1. The largest absolute Gasteiger partial charge is 0.491 e. The molecule has 1 amide bonds. The maximum Gasteiger partial charge on any atom is 0.253 e. The lowest BCUT2D eigenvalue weighted by atomic mass is 10.2. The molecule has 1 fully saturated rings. The molecule has 0 bridgehead atoms. The second-order valence-electron chi connectivity index (χ2n) is 4.56. The summed E-state index contributed by atoms with van der Waals surface area (Å²) < 4.78 is 18.6. The van der Waals surface area contributed by atoms with E-state index in [1.807, 2.05) is 0 Å². The summed E-state index contributed by atoms with van der Waals surface area (Å²) in [5.74, 6) is -0.127. The van der Waals surface area contributed by atoms with E-state index >= 15 is 0 Å². The van der Waals surface area contributed by atoms with E-state index in [2.05, 4.69) is 5.32 Å². The Morgan fingerprint density at radius 1 is 1.61 bits per heavy atom. The molecule has 0 heterocycles. The van der Waals surface area contributed by atoms with Crippen molar-refractivity contribution < 1.29 is 19.0 Å². The quantitative estimate of drug-likeness (QED) is 0.843. The van der Waals surface area contributed by atoms with Crippen LogP contribution in [-0.2, 0) is 4.79 Å². The number of hydrogen-bond donors (Lipinski definition) is 2. The average molecular weight is 253 g/mol. The van der Waals surface area contributed by atoms with Crippen molar-refractivity contribution in [2.45, 2.75) is 25.9 Å². The zero-order valence-electron chi connectivity index (χ0n) is 10.1. The van der Waals surface area contributed by atoms with Crippen LogP contribution in [0.2, 0.25) is 0 Å². The highest BCUT2D eigenvalue weighted by Gasteiger charge is 2.23. The Bertz CT molecular complexity index is 444. The second-order valence-corrected chi connectivity index (χ2v) is 4.56. The summed E-state index contributed by atoms with van der Waals surface area (Å²) in [6, 6.07) is 3.90. The fourth-order valence-corrected chi connectivity index (χ4v) is 1.45. The Labute approximate surface area is 105 Å². The molecule has 98 valence electrons. The maximum absolute atomic E-state index is 13.1. The summed E-state index contributed by atoms with van der Waals surface area (Å²) in [6.07, 6.45) is 1.14. The highest BCUT2D eigenvalue weighted by molar-refractivity contribution is 5.94. The molecule has 1 saturated carbocycles. The van der Waals surface area contributed by atoms with Crippen molar-refractivity contribution in [3.05, 3.63) is 24.0 Å². The van der Waals surface area contributed by atoms with E-state index in [0.29, 0.717) is 24.0 Å². The number of ether oxygens (including phenoxy) is 1. The molecule has 2 N–H and O–H groups in total. The Kier molecular flexibility index (Phi) is 3.81. The van der Waals surface area contributed by atoms with Gasteiger partial charge >= 0.3 is 0 Å². The first-order valence-corrected chi connectivity index (χ1v) is 5.97. The van der Waals surface area contributed by atoms with Crippen LogP contribution in [-0.4, -0.2) is 23.7 Å². The van der Waals surface area contributed by atoms with Gasteiger partial charge in [-0.15, -0.1) is 0 Å². The van der Waals surface area contributed by atoms with Crippen LogP contribution in [0.15, 0.2) is 18.2 Å². The van der Waals surface area contributed by atoms with Gasteiger partial charge in [0.25, 0.3) is 5.91 Å². The van der Waals surface area contributed by atoms with Gasteiger partial charge in [-0.1, -0.05) is 0 Å². The summed E-state index contributed by atoms with van der Waals surface area (Å²) in [5, 5.41) is 11.6. The zero-order valence-corrected chi connectivity index (χ0v) is 10.1. The van der Waals surface area contributed by atoms with Crippen LogP contribution < -0.4 is 10.1 Å². The van der Waals surface area contributed by atoms with Gasteiger partial charge in [-0.05, 0) is 37.8 Å². The predicted molar refractivity (Wildman–Crippen MR) is 64.9 cm³/mol. The maximum atomic E-state index is 13.1. The molecule has 0 saturated heterocycles. The molecule has 0 radical (unpaired) electrons. The molecule has 1 aliphatic carbocycles. The van der Waals surface area contributed by atoms with Crippen LogP contribution in [0.25, 0.3) is 0 Å². The third-order valence-electron chi connectivity index (χ3n) is 2.75. The third kappa shape index (κ3) is 3.43. The molecule has 1 aromatic carbocycles. The normalized spacial score (nSPS) is 16.2. The van der Waals surface area contributed by atoms with E-state index in [9.17, 15) is 9.18 Å². The van der Waals surface area contributed by atoms with Gasteiger partial charge in [0.05, 0.1) is 12.3 Å². The van der Waals surface area contributed by atoms with E-state index in [1.165, 1.54) is 25.1 Å². The molecular weight excluding hydrogens is 237 g/mol. The smallest absolute Gasteiger partial charge is 0.253 e. The van der Waals surface area contributed by atoms with Crippen LogP contribution >= 0.6 is 0 Å². The van der Waals surface area contributed by atoms with Gasteiger partial charge < -0.3 is 15.2 Å². The van der Waals surface area contributed by atoms with Crippen molar-refractivity contribution in [1.82, 2.24) is 0 Å². The molecule has 1 aliphatic rings. The van der Waals surface area contributed by atoms with E-state index in [1.54, 1.807) is 0 Å². The molecule has 0 aliphatic heterocycles. The first-order chi connectivity index (χ1) is 8.56. The van der Waals surface area contributed by atoms with Gasteiger partial charge in [0, 0.05) is 6.07 Å². The molecule has 0 spiro atoms. The minimum atomic E-state index is -1.12. The van der Waals surface area contributed by atoms with Crippen LogP contribution in [0, 0.1) is 11.7 Å². The number of amides is 1. The number of benzene rings is 1. The number of halogens is 1. The van der Waals surface area contributed by atoms with Gasteiger partial charge in [0.2, 0.25) is 0 Å². The second kappa shape index (κ2) is 5.35. The fraction of sp³-hybridized carbons (Fsp3) is 0.462. The molecule has 4 nitrogen and oxygen atoms in total.